The molecule has 1 unspecified atom stereocenters. The average molecular weight is 450 g/mol. The number of rotatable bonds is 8. The van der Waals surface area contributed by atoms with Crippen LogP contribution in [0.25, 0.3) is 0 Å². The summed E-state index contributed by atoms with van der Waals surface area (Å²) in [6.45, 7) is 12.3. The Morgan fingerprint density at radius 3 is 2.50 bits per heavy atom. The van der Waals surface area contributed by atoms with E-state index in [1.807, 2.05) is 6.20 Å². The van der Waals surface area contributed by atoms with Gasteiger partial charge in [0.1, 0.15) is 5.76 Å². The maximum atomic E-state index is 5.79. The van der Waals surface area contributed by atoms with Crippen molar-refractivity contribution in [2.24, 2.45) is 10.9 Å². The van der Waals surface area contributed by atoms with E-state index < -0.39 is 0 Å². The first-order valence-electron chi connectivity index (χ1n) is 8.80. The fraction of sp³-hybridized carbons (Fsp3) is 0.778. The van der Waals surface area contributed by atoms with Gasteiger partial charge in [-0.05, 0) is 12.3 Å². The molecule has 6 heteroatoms. The SMILES string of the molecule is CCCCC(CC)CNC(=NC)NCc1ncc(C(C)(C)C)o1.I. The minimum atomic E-state index is -0.0151. The standard InChI is InChI=1S/C18H34N4O.HI/c1-7-9-10-14(8-2)11-21-17(19-6)22-13-16-20-12-15(23-16)18(3,4)5;/h12,14H,7-11,13H2,1-6H3,(H2,19,21,22);1H. The van der Waals surface area contributed by atoms with Crippen LogP contribution in [-0.2, 0) is 12.0 Å². The number of aliphatic imine (C=N–C) groups is 1. The lowest BCUT2D eigenvalue weighted by Gasteiger charge is -2.17. The van der Waals surface area contributed by atoms with Gasteiger partial charge in [0.15, 0.2) is 5.96 Å². The number of nitrogens with one attached hydrogen (secondary N) is 2. The van der Waals surface area contributed by atoms with E-state index in [4.69, 9.17) is 4.42 Å². The second-order valence-electron chi connectivity index (χ2n) is 7.09. The first-order valence-corrected chi connectivity index (χ1v) is 8.80. The molecule has 0 aromatic carbocycles. The van der Waals surface area contributed by atoms with Gasteiger partial charge in [-0.15, -0.1) is 24.0 Å². The summed E-state index contributed by atoms with van der Waals surface area (Å²) in [5, 5.41) is 6.67. The van der Waals surface area contributed by atoms with Crippen molar-refractivity contribution >= 4 is 29.9 Å². The Hall–Kier alpha value is -0.790. The highest BCUT2D eigenvalue weighted by Gasteiger charge is 2.19. The number of guanidine groups is 1. The topological polar surface area (TPSA) is 62.5 Å². The smallest absolute Gasteiger partial charge is 0.213 e. The molecule has 0 spiro atoms. The second kappa shape index (κ2) is 11.7. The number of oxazole rings is 1. The number of unbranched alkanes of at least 4 members (excludes halogenated alkanes) is 1. The van der Waals surface area contributed by atoms with Gasteiger partial charge in [0, 0.05) is 19.0 Å². The highest BCUT2D eigenvalue weighted by molar-refractivity contribution is 14.0. The average Bonchev–Trinajstić information content (AvgIpc) is 2.99. The van der Waals surface area contributed by atoms with Crippen LogP contribution in [0.4, 0.5) is 0 Å². The molecule has 1 aromatic heterocycles. The molecular weight excluding hydrogens is 415 g/mol. The van der Waals surface area contributed by atoms with Crippen LogP contribution in [0.3, 0.4) is 0 Å². The molecule has 24 heavy (non-hydrogen) atoms. The molecule has 1 heterocycles. The van der Waals surface area contributed by atoms with Gasteiger partial charge in [-0.3, -0.25) is 4.99 Å². The molecule has 1 atom stereocenters. The molecule has 0 bridgehead atoms. The Kier molecular flexibility index (Phi) is 11.3. The summed E-state index contributed by atoms with van der Waals surface area (Å²) in [7, 11) is 1.79. The van der Waals surface area contributed by atoms with Crippen LogP contribution < -0.4 is 10.6 Å². The first-order chi connectivity index (χ1) is 10.9. The Morgan fingerprint density at radius 1 is 1.29 bits per heavy atom. The summed E-state index contributed by atoms with van der Waals surface area (Å²) in [4.78, 5) is 8.60. The monoisotopic (exact) mass is 450 g/mol. The third-order valence-electron chi connectivity index (χ3n) is 4.02. The van der Waals surface area contributed by atoms with Crippen LogP contribution >= 0.6 is 24.0 Å². The fourth-order valence-electron chi connectivity index (χ4n) is 2.30. The van der Waals surface area contributed by atoms with Crippen LogP contribution in [0, 0.1) is 5.92 Å². The molecule has 1 rings (SSSR count). The van der Waals surface area contributed by atoms with Crippen molar-refractivity contribution in [3.05, 3.63) is 17.8 Å². The van der Waals surface area contributed by atoms with Crippen molar-refractivity contribution in [1.82, 2.24) is 15.6 Å². The van der Waals surface area contributed by atoms with Crippen molar-refractivity contribution in [3.63, 3.8) is 0 Å². The summed E-state index contributed by atoms with van der Waals surface area (Å²) in [5.74, 6) is 3.09. The van der Waals surface area contributed by atoms with Gasteiger partial charge >= 0.3 is 0 Å². The predicted molar refractivity (Wildman–Crippen MR) is 112 cm³/mol. The van der Waals surface area contributed by atoms with E-state index >= 15 is 0 Å². The van der Waals surface area contributed by atoms with Crippen LogP contribution in [0.5, 0.6) is 0 Å². The van der Waals surface area contributed by atoms with E-state index in [1.165, 1.54) is 25.7 Å². The fourth-order valence-corrected chi connectivity index (χ4v) is 2.30. The van der Waals surface area contributed by atoms with Gasteiger partial charge in [-0.25, -0.2) is 4.98 Å². The summed E-state index contributed by atoms with van der Waals surface area (Å²) in [5.41, 5.74) is -0.0151. The molecule has 0 saturated heterocycles. The quantitative estimate of drug-likeness (QED) is 0.349. The number of nitrogens with zero attached hydrogens (tertiary/aromatic N) is 2. The van der Waals surface area contributed by atoms with E-state index in [-0.39, 0.29) is 29.4 Å². The van der Waals surface area contributed by atoms with E-state index in [1.54, 1.807) is 7.05 Å². The zero-order chi connectivity index (χ0) is 17.3. The lowest BCUT2D eigenvalue weighted by Crippen LogP contribution is -2.39. The van der Waals surface area contributed by atoms with Gasteiger partial charge in [-0.1, -0.05) is 53.9 Å². The van der Waals surface area contributed by atoms with Crippen LogP contribution in [-0.4, -0.2) is 24.5 Å². The van der Waals surface area contributed by atoms with Crippen molar-refractivity contribution in [2.45, 2.75) is 72.3 Å². The Bertz CT molecular complexity index is 480. The van der Waals surface area contributed by atoms with Gasteiger partial charge in [0.05, 0.1) is 12.7 Å². The molecule has 0 amide bonds. The largest absolute Gasteiger partial charge is 0.443 e. The molecule has 0 aliphatic heterocycles. The third kappa shape index (κ3) is 8.35. The third-order valence-corrected chi connectivity index (χ3v) is 4.02. The molecule has 140 valence electrons. The lowest BCUT2D eigenvalue weighted by atomic mass is 9.94. The van der Waals surface area contributed by atoms with Crippen molar-refractivity contribution in [1.29, 1.82) is 0 Å². The molecule has 0 aliphatic rings. The normalized spacial score (nSPS) is 13.3. The number of hydrogen-bond donors (Lipinski definition) is 2. The van der Waals surface area contributed by atoms with E-state index in [0.29, 0.717) is 18.4 Å². The highest BCUT2D eigenvalue weighted by atomic mass is 127. The molecule has 0 radical (unpaired) electrons. The second-order valence-corrected chi connectivity index (χ2v) is 7.09. The van der Waals surface area contributed by atoms with Crippen molar-refractivity contribution < 1.29 is 4.42 Å². The number of hydrogen-bond acceptors (Lipinski definition) is 3. The molecule has 1 aromatic rings. The predicted octanol–water partition coefficient (Wildman–Crippen LogP) is 4.47. The lowest BCUT2D eigenvalue weighted by molar-refractivity contribution is 0.379. The van der Waals surface area contributed by atoms with E-state index in [0.717, 1.165) is 18.3 Å². The highest BCUT2D eigenvalue weighted by Crippen LogP contribution is 2.22. The van der Waals surface area contributed by atoms with Gasteiger partial charge in [-0.2, -0.15) is 0 Å². The summed E-state index contributed by atoms with van der Waals surface area (Å²) in [6, 6.07) is 0. The summed E-state index contributed by atoms with van der Waals surface area (Å²) >= 11 is 0. The molecule has 0 aliphatic carbocycles. The van der Waals surface area contributed by atoms with Crippen LogP contribution in [0.1, 0.15) is 72.0 Å². The molecule has 0 saturated carbocycles. The zero-order valence-electron chi connectivity index (χ0n) is 16.1. The van der Waals surface area contributed by atoms with E-state index in [9.17, 15) is 0 Å². The molecular formula is C18H35IN4O. The van der Waals surface area contributed by atoms with Crippen molar-refractivity contribution in [3.8, 4) is 0 Å². The molecule has 0 fully saturated rings. The molecule has 2 N–H and O–H groups in total. The maximum Gasteiger partial charge on any atom is 0.213 e. The Balaban J connectivity index is 0.00000529. The Morgan fingerprint density at radius 2 is 2.00 bits per heavy atom. The number of aromatic nitrogens is 1. The van der Waals surface area contributed by atoms with Gasteiger partial charge in [0.2, 0.25) is 5.89 Å². The maximum absolute atomic E-state index is 5.79. The van der Waals surface area contributed by atoms with Crippen LogP contribution in [0.2, 0.25) is 0 Å². The zero-order valence-corrected chi connectivity index (χ0v) is 18.4. The van der Waals surface area contributed by atoms with Gasteiger partial charge < -0.3 is 15.1 Å². The summed E-state index contributed by atoms with van der Waals surface area (Å²) in [6.07, 6.45) is 6.82. The van der Waals surface area contributed by atoms with Crippen LogP contribution in [0.15, 0.2) is 15.6 Å². The number of halogens is 1. The minimum absolute atomic E-state index is 0. The minimum Gasteiger partial charge on any atom is -0.443 e. The molecule has 5 nitrogen and oxygen atoms in total. The van der Waals surface area contributed by atoms with Gasteiger partial charge in [0.25, 0.3) is 0 Å². The van der Waals surface area contributed by atoms with E-state index in [2.05, 4.69) is 55.2 Å². The summed E-state index contributed by atoms with van der Waals surface area (Å²) < 4.78 is 5.79. The first kappa shape index (κ1) is 23.2. The Labute approximate surface area is 164 Å². The van der Waals surface area contributed by atoms with Crippen molar-refractivity contribution in [2.75, 3.05) is 13.6 Å².